The van der Waals surface area contributed by atoms with E-state index in [1.165, 1.54) is 6.33 Å². The van der Waals surface area contributed by atoms with Gasteiger partial charge in [-0.25, -0.2) is 15.0 Å². The van der Waals surface area contributed by atoms with Crippen LogP contribution in [0.3, 0.4) is 0 Å². The number of imidazole rings is 1. The van der Waals surface area contributed by atoms with Crippen LogP contribution in [0.15, 0.2) is 158 Å². The van der Waals surface area contributed by atoms with Gasteiger partial charge in [-0.1, -0.05) is 157 Å². The van der Waals surface area contributed by atoms with Crippen LogP contribution in [0.25, 0.3) is 11.2 Å². The van der Waals surface area contributed by atoms with Crippen LogP contribution in [0.5, 0.6) is 5.75 Å². The summed E-state index contributed by atoms with van der Waals surface area (Å²) in [7, 11) is -2.16. The molecule has 0 fully saturated rings. The predicted molar refractivity (Wildman–Crippen MR) is 241 cm³/mol. The number of nitrogens with zero attached hydrogens (tertiary/aromatic N) is 4. The Labute approximate surface area is 363 Å². The van der Waals surface area contributed by atoms with E-state index in [4.69, 9.17) is 28.5 Å². The first kappa shape index (κ1) is 43.5. The highest BCUT2D eigenvalue weighted by Crippen LogP contribution is 2.48. The van der Waals surface area contributed by atoms with Gasteiger partial charge in [-0.3, -0.25) is 14.2 Å². The number of carbonyl (C=O) groups is 2. The van der Waals surface area contributed by atoms with Gasteiger partial charge in [0.25, 0.3) is 0 Å². The van der Waals surface area contributed by atoms with Gasteiger partial charge in [0.1, 0.15) is 29.5 Å². The van der Waals surface area contributed by atoms with Gasteiger partial charge < -0.3 is 28.4 Å². The largest absolute Gasteiger partial charge is 0.497 e. The van der Waals surface area contributed by atoms with Gasteiger partial charge in [-0.2, -0.15) is 0 Å². The Bertz CT molecular complexity index is 2430. The molecule has 0 spiro atoms. The average molecular weight is 874 g/mol. The Balaban J connectivity index is 1.04. The van der Waals surface area contributed by atoms with Crippen LogP contribution in [0.2, 0.25) is 0 Å². The summed E-state index contributed by atoms with van der Waals surface area (Å²) in [5.74, 6) is 1.77. The van der Waals surface area contributed by atoms with Gasteiger partial charge >= 0.3 is 7.60 Å². The number of nitrogens with one attached hydrogen (secondary N) is 1. The molecular formula is C46H44N5O7PS2. The monoisotopic (exact) mass is 873 g/mol. The molecule has 0 aliphatic rings. The summed E-state index contributed by atoms with van der Waals surface area (Å²) in [5, 5.41) is 3.55. The molecule has 12 nitrogen and oxygen atoms in total. The van der Waals surface area contributed by atoms with Gasteiger partial charge in [0.15, 0.2) is 11.5 Å². The summed E-state index contributed by atoms with van der Waals surface area (Å²) >= 11 is 2.13. The molecule has 7 rings (SSSR count). The maximum atomic E-state index is 14.0. The molecule has 61 heavy (non-hydrogen) atoms. The van der Waals surface area contributed by atoms with Crippen LogP contribution in [-0.4, -0.2) is 74.5 Å². The van der Waals surface area contributed by atoms with Crippen molar-refractivity contribution in [3.63, 3.8) is 0 Å². The van der Waals surface area contributed by atoms with E-state index in [9.17, 15) is 14.2 Å². The number of methoxy groups -OCH3 is 1. The second-order valence-corrected chi connectivity index (χ2v) is 17.6. The van der Waals surface area contributed by atoms with Crippen molar-refractivity contribution in [1.82, 2.24) is 19.5 Å². The molecule has 0 aliphatic heterocycles. The third kappa shape index (κ3) is 11.0. The van der Waals surface area contributed by atoms with E-state index in [0.29, 0.717) is 34.7 Å². The van der Waals surface area contributed by atoms with Crippen molar-refractivity contribution in [3.05, 3.63) is 186 Å². The quantitative estimate of drug-likeness (QED) is 0.0416. The number of carbonyl (C=O) groups excluding carboxylic acids is 2. The molecule has 0 saturated heterocycles. The van der Waals surface area contributed by atoms with E-state index in [1.807, 2.05) is 77.4 Å². The third-order valence-electron chi connectivity index (χ3n) is 9.60. The highest BCUT2D eigenvalue weighted by molar-refractivity contribution is 8.14. The molecule has 0 amide bonds. The molecule has 2 heterocycles. The predicted octanol–water partition coefficient (Wildman–Crippen LogP) is 9.59. The zero-order valence-electron chi connectivity index (χ0n) is 33.4. The summed E-state index contributed by atoms with van der Waals surface area (Å²) in [5.41, 5.74) is 4.31. The molecule has 0 aliphatic carbocycles. The smallest absolute Gasteiger partial charge is 0.356 e. The summed E-state index contributed by atoms with van der Waals surface area (Å²) < 4.78 is 38.8. The van der Waals surface area contributed by atoms with Crippen LogP contribution in [0, 0.1) is 0 Å². The summed E-state index contributed by atoms with van der Waals surface area (Å²) in [4.78, 5) is 39.2. The Kier molecular flexibility index (Phi) is 15.2. The lowest BCUT2D eigenvalue weighted by Crippen LogP contribution is -2.38. The molecule has 0 saturated carbocycles. The van der Waals surface area contributed by atoms with Crippen LogP contribution in [-0.2, 0) is 30.4 Å². The van der Waals surface area contributed by atoms with E-state index in [0.717, 1.165) is 46.0 Å². The molecule has 1 N–H and O–H groups in total. The zero-order chi connectivity index (χ0) is 42.3. The summed E-state index contributed by atoms with van der Waals surface area (Å²) in [6.07, 6.45) is 2.83. The SMILES string of the molecule is COc1ccc(C(Nc2ncnc3c2ncn3CCOCP(=O)(OCCSC(=O)c2ccccc2)OCCSC(=O)c2ccccc2)(c2ccccc2)c2ccccc2)cc1. The zero-order valence-corrected chi connectivity index (χ0v) is 35.9. The molecule has 0 atom stereocenters. The number of hydrogen-bond donors (Lipinski definition) is 1. The number of hydrogen-bond acceptors (Lipinski definition) is 13. The second kappa shape index (κ2) is 21.3. The molecule has 312 valence electrons. The lowest BCUT2D eigenvalue weighted by molar-refractivity contribution is 0.108. The minimum Gasteiger partial charge on any atom is -0.497 e. The maximum Gasteiger partial charge on any atom is 0.356 e. The van der Waals surface area contributed by atoms with Gasteiger partial charge in [-0.05, 0) is 28.8 Å². The first-order valence-corrected chi connectivity index (χ1v) is 23.2. The van der Waals surface area contributed by atoms with Crippen molar-refractivity contribution >= 4 is 58.3 Å². The molecule has 15 heteroatoms. The number of benzene rings is 5. The molecule has 0 unspecified atom stereocenters. The molecule has 7 aromatic rings. The minimum atomic E-state index is -3.80. The lowest BCUT2D eigenvalue weighted by atomic mass is 9.77. The number of rotatable bonds is 21. The van der Waals surface area contributed by atoms with Crippen molar-refractivity contribution in [1.29, 1.82) is 0 Å². The molecule has 0 bridgehead atoms. The van der Waals surface area contributed by atoms with Crippen molar-refractivity contribution in [2.45, 2.75) is 12.1 Å². The Morgan fingerprint density at radius 1 is 0.656 bits per heavy atom. The number of ether oxygens (including phenoxy) is 2. The number of fused-ring (bicyclic) bond motifs is 1. The number of thioether (sulfide) groups is 2. The molecular weight excluding hydrogens is 830 g/mol. The van der Waals surface area contributed by atoms with Gasteiger partial charge in [-0.15, -0.1) is 0 Å². The van der Waals surface area contributed by atoms with E-state index in [-0.39, 0.29) is 47.9 Å². The van der Waals surface area contributed by atoms with E-state index < -0.39 is 13.1 Å². The normalized spacial score (nSPS) is 11.7. The Morgan fingerprint density at radius 2 is 1.16 bits per heavy atom. The fourth-order valence-corrected chi connectivity index (χ4v) is 9.51. The molecule has 5 aromatic carbocycles. The maximum absolute atomic E-state index is 14.0. The van der Waals surface area contributed by atoms with E-state index >= 15 is 0 Å². The van der Waals surface area contributed by atoms with E-state index in [2.05, 4.69) is 34.6 Å². The fraction of sp³-hybridized carbons (Fsp3) is 0.196. The van der Waals surface area contributed by atoms with Crippen LogP contribution >= 0.6 is 31.1 Å². The Hall–Kier alpha value is -5.60. The van der Waals surface area contributed by atoms with E-state index in [1.54, 1.807) is 62.0 Å². The Morgan fingerprint density at radius 3 is 1.69 bits per heavy atom. The second-order valence-electron chi connectivity index (χ2n) is 13.5. The molecule has 0 radical (unpaired) electrons. The van der Waals surface area contributed by atoms with Crippen molar-refractivity contribution in [3.8, 4) is 5.75 Å². The highest BCUT2D eigenvalue weighted by Gasteiger charge is 2.38. The van der Waals surface area contributed by atoms with Gasteiger partial charge in [0.05, 0.1) is 33.3 Å². The van der Waals surface area contributed by atoms with Crippen molar-refractivity contribution in [2.24, 2.45) is 0 Å². The van der Waals surface area contributed by atoms with Gasteiger partial charge in [0, 0.05) is 29.2 Å². The highest BCUT2D eigenvalue weighted by atomic mass is 32.2. The first-order chi connectivity index (χ1) is 29.9. The lowest BCUT2D eigenvalue weighted by Gasteiger charge is -2.37. The van der Waals surface area contributed by atoms with Crippen molar-refractivity contribution < 1.29 is 32.7 Å². The summed E-state index contributed by atoms with van der Waals surface area (Å²) in [6, 6.07) is 46.1. The summed E-state index contributed by atoms with van der Waals surface area (Å²) in [6.45, 7) is 0.420. The average Bonchev–Trinajstić information content (AvgIpc) is 3.74. The number of anilines is 1. The van der Waals surface area contributed by atoms with Gasteiger partial charge in [0.2, 0.25) is 10.2 Å². The number of aromatic nitrogens is 4. The third-order valence-corrected chi connectivity index (χ3v) is 13.0. The first-order valence-electron chi connectivity index (χ1n) is 19.5. The van der Waals surface area contributed by atoms with Crippen LogP contribution in [0.4, 0.5) is 5.82 Å². The van der Waals surface area contributed by atoms with Crippen molar-refractivity contribution in [2.75, 3.05) is 50.1 Å². The van der Waals surface area contributed by atoms with Crippen LogP contribution in [0.1, 0.15) is 37.4 Å². The minimum absolute atomic E-state index is 0.0111. The van der Waals surface area contributed by atoms with Crippen LogP contribution < -0.4 is 10.1 Å². The molecule has 2 aromatic heterocycles. The topological polar surface area (TPSA) is 144 Å². The fourth-order valence-electron chi connectivity index (χ4n) is 6.63. The standard InChI is InChI=1S/C46H44N5O7PS2/c1-55-40-24-22-39(23-25-40)46(37-18-10-4-11-19-37,38-20-12-5-13-21-38)50-42-41-43(48-32-47-42)51(33-49-41)26-27-56-34-59(54,57-28-30-60-44(52)35-14-6-2-7-15-35)58-29-31-61-45(53)36-16-8-3-9-17-36/h2-25,32-33H,26-31,34H2,1H3,(H,47,48,50).